The van der Waals surface area contributed by atoms with E-state index >= 15 is 0 Å². The third kappa shape index (κ3) is 1.40. The van der Waals surface area contributed by atoms with Gasteiger partial charge in [-0.15, -0.1) is 0 Å². The molecule has 0 aromatic carbocycles. The molecule has 3 nitrogen and oxygen atoms in total. The Morgan fingerprint density at radius 3 is 2.13 bits per heavy atom. The predicted molar refractivity (Wildman–Crippen MR) is 58.8 cm³/mol. The zero-order valence-electron chi connectivity index (χ0n) is 9.75. The van der Waals surface area contributed by atoms with Crippen LogP contribution in [-0.2, 0) is 4.79 Å². The number of nitrogens with zero attached hydrogens (tertiary/aromatic N) is 1. The van der Waals surface area contributed by atoms with Crippen molar-refractivity contribution in [1.82, 2.24) is 4.90 Å². The third-order valence-electron chi connectivity index (χ3n) is 4.64. The van der Waals surface area contributed by atoms with Crippen LogP contribution < -0.4 is 0 Å². The molecule has 2 rings (SSSR count). The van der Waals surface area contributed by atoms with E-state index in [1.54, 1.807) is 0 Å². The lowest BCUT2D eigenvalue weighted by atomic mass is 9.62. The average Bonchev–Trinajstić information content (AvgIpc) is 2.06. The normalized spacial score (nSPS) is 24.7. The molecule has 1 saturated carbocycles. The summed E-state index contributed by atoms with van der Waals surface area (Å²) in [7, 11) is 0. The molecule has 0 unspecified atom stereocenters. The molecule has 0 radical (unpaired) electrons. The SMILES string of the molecule is CCC(CC)(C(=O)O)N1CC2(CCC2)C1. The number of carbonyl (C=O) groups is 1. The molecule has 2 aliphatic rings. The Labute approximate surface area is 91.5 Å². The van der Waals surface area contributed by atoms with E-state index in [2.05, 4.69) is 4.90 Å². The van der Waals surface area contributed by atoms with Gasteiger partial charge in [0.1, 0.15) is 5.54 Å². The van der Waals surface area contributed by atoms with E-state index in [1.165, 1.54) is 19.3 Å². The second-order valence-electron chi connectivity index (χ2n) is 5.25. The minimum absolute atomic E-state index is 0.519. The van der Waals surface area contributed by atoms with Crippen molar-refractivity contribution in [2.24, 2.45) is 5.41 Å². The van der Waals surface area contributed by atoms with Gasteiger partial charge in [-0.3, -0.25) is 9.69 Å². The maximum Gasteiger partial charge on any atom is 0.324 e. The number of rotatable bonds is 4. The van der Waals surface area contributed by atoms with Crippen LogP contribution in [0.2, 0.25) is 0 Å². The van der Waals surface area contributed by atoms with E-state index in [-0.39, 0.29) is 0 Å². The Morgan fingerprint density at radius 2 is 1.87 bits per heavy atom. The quantitative estimate of drug-likeness (QED) is 0.774. The van der Waals surface area contributed by atoms with Gasteiger partial charge >= 0.3 is 5.97 Å². The Bertz CT molecular complexity index is 259. The first-order valence-corrected chi connectivity index (χ1v) is 6.07. The van der Waals surface area contributed by atoms with Crippen LogP contribution in [0.4, 0.5) is 0 Å². The fourth-order valence-electron chi connectivity index (χ4n) is 3.19. The summed E-state index contributed by atoms with van der Waals surface area (Å²) in [6.07, 6.45) is 5.40. The lowest BCUT2D eigenvalue weighted by Gasteiger charge is -2.61. The standard InChI is InChI=1S/C12H21NO2/c1-3-12(4-2,10(14)15)13-8-11(9-13)6-5-7-11/h3-9H2,1-2H3,(H,14,15). The van der Waals surface area contributed by atoms with Crippen molar-refractivity contribution in [1.29, 1.82) is 0 Å². The molecule has 1 aliphatic carbocycles. The van der Waals surface area contributed by atoms with Crippen LogP contribution in [0.15, 0.2) is 0 Å². The zero-order valence-corrected chi connectivity index (χ0v) is 9.75. The number of carboxylic acids is 1. The summed E-state index contributed by atoms with van der Waals surface area (Å²) in [5, 5.41) is 9.38. The van der Waals surface area contributed by atoms with Crippen LogP contribution in [0, 0.1) is 5.41 Å². The van der Waals surface area contributed by atoms with E-state index in [0.717, 1.165) is 25.9 Å². The van der Waals surface area contributed by atoms with E-state index in [4.69, 9.17) is 0 Å². The van der Waals surface area contributed by atoms with Gasteiger partial charge in [0, 0.05) is 13.1 Å². The summed E-state index contributed by atoms with van der Waals surface area (Å²) in [4.78, 5) is 13.6. The molecule has 2 fully saturated rings. The third-order valence-corrected chi connectivity index (χ3v) is 4.64. The fourth-order valence-corrected chi connectivity index (χ4v) is 3.19. The molecular formula is C12H21NO2. The van der Waals surface area contributed by atoms with Gasteiger partial charge in [0.15, 0.2) is 0 Å². The predicted octanol–water partition coefficient (Wildman–Crippen LogP) is 2.12. The molecule has 1 N–H and O–H groups in total. The van der Waals surface area contributed by atoms with Crippen LogP contribution in [0.1, 0.15) is 46.0 Å². The maximum absolute atomic E-state index is 11.4. The number of aliphatic carboxylic acids is 1. The summed E-state index contributed by atoms with van der Waals surface area (Å²) in [5.74, 6) is -0.637. The Balaban J connectivity index is 2.04. The van der Waals surface area contributed by atoms with Gasteiger partial charge in [0.2, 0.25) is 0 Å². The largest absolute Gasteiger partial charge is 0.480 e. The summed E-state index contributed by atoms with van der Waals surface area (Å²) < 4.78 is 0. The van der Waals surface area contributed by atoms with E-state index < -0.39 is 11.5 Å². The van der Waals surface area contributed by atoms with Crippen LogP contribution >= 0.6 is 0 Å². The molecule has 0 aromatic rings. The molecule has 3 heteroatoms. The molecule has 86 valence electrons. The van der Waals surface area contributed by atoms with Gasteiger partial charge in [0.05, 0.1) is 0 Å². The van der Waals surface area contributed by atoms with Gasteiger partial charge in [-0.2, -0.15) is 0 Å². The molecule has 0 amide bonds. The summed E-state index contributed by atoms with van der Waals surface area (Å²) >= 11 is 0. The minimum atomic E-state index is -0.637. The lowest BCUT2D eigenvalue weighted by molar-refractivity contribution is -0.171. The first-order chi connectivity index (χ1) is 7.08. The molecule has 15 heavy (non-hydrogen) atoms. The van der Waals surface area contributed by atoms with Crippen molar-refractivity contribution in [2.45, 2.75) is 51.5 Å². The highest BCUT2D eigenvalue weighted by atomic mass is 16.4. The highest BCUT2D eigenvalue weighted by Gasteiger charge is 2.55. The topological polar surface area (TPSA) is 40.5 Å². The highest BCUT2D eigenvalue weighted by molar-refractivity contribution is 5.78. The second-order valence-corrected chi connectivity index (χ2v) is 5.25. The Morgan fingerprint density at radius 1 is 1.33 bits per heavy atom. The fraction of sp³-hybridized carbons (Fsp3) is 0.917. The lowest BCUT2D eigenvalue weighted by Crippen LogP contribution is -2.69. The smallest absolute Gasteiger partial charge is 0.324 e. The molecule has 0 aromatic heterocycles. The van der Waals surface area contributed by atoms with E-state index in [0.29, 0.717) is 5.41 Å². The van der Waals surface area contributed by atoms with E-state index in [9.17, 15) is 9.90 Å². The summed E-state index contributed by atoms with van der Waals surface area (Å²) in [6.45, 7) is 6.01. The van der Waals surface area contributed by atoms with Gasteiger partial charge in [0.25, 0.3) is 0 Å². The molecule has 1 heterocycles. The van der Waals surface area contributed by atoms with Crippen molar-refractivity contribution in [2.75, 3.05) is 13.1 Å². The average molecular weight is 211 g/mol. The maximum atomic E-state index is 11.4. The number of likely N-dealkylation sites (tertiary alicyclic amines) is 1. The number of hydrogen-bond donors (Lipinski definition) is 1. The molecule has 0 bridgehead atoms. The Kier molecular flexibility index (Phi) is 2.53. The molecule has 1 aliphatic heterocycles. The molecule has 1 saturated heterocycles. The molecular weight excluding hydrogens is 190 g/mol. The number of carboxylic acid groups (broad SMARTS) is 1. The van der Waals surface area contributed by atoms with Gasteiger partial charge in [-0.1, -0.05) is 20.3 Å². The summed E-state index contributed by atoms with van der Waals surface area (Å²) in [5.41, 5.74) is -0.0636. The van der Waals surface area contributed by atoms with Crippen molar-refractivity contribution < 1.29 is 9.90 Å². The van der Waals surface area contributed by atoms with Gasteiger partial charge < -0.3 is 5.11 Å². The van der Waals surface area contributed by atoms with Crippen LogP contribution in [0.25, 0.3) is 0 Å². The van der Waals surface area contributed by atoms with Gasteiger partial charge in [-0.05, 0) is 31.1 Å². The van der Waals surface area contributed by atoms with Crippen LogP contribution in [-0.4, -0.2) is 34.6 Å². The minimum Gasteiger partial charge on any atom is -0.480 e. The van der Waals surface area contributed by atoms with Gasteiger partial charge in [-0.25, -0.2) is 0 Å². The van der Waals surface area contributed by atoms with Crippen molar-refractivity contribution in [3.05, 3.63) is 0 Å². The first-order valence-electron chi connectivity index (χ1n) is 6.07. The van der Waals surface area contributed by atoms with Crippen LogP contribution in [0.5, 0.6) is 0 Å². The second kappa shape index (κ2) is 3.48. The van der Waals surface area contributed by atoms with Crippen LogP contribution in [0.3, 0.4) is 0 Å². The first kappa shape index (κ1) is 10.9. The van der Waals surface area contributed by atoms with Crippen molar-refractivity contribution >= 4 is 5.97 Å². The molecule has 1 spiro atoms. The highest BCUT2D eigenvalue weighted by Crippen LogP contribution is 2.51. The van der Waals surface area contributed by atoms with E-state index in [1.807, 2.05) is 13.8 Å². The molecule has 0 atom stereocenters. The zero-order chi connectivity index (χ0) is 11.1. The monoisotopic (exact) mass is 211 g/mol. The number of hydrogen-bond acceptors (Lipinski definition) is 2. The Hall–Kier alpha value is -0.570. The van der Waals surface area contributed by atoms with Crippen molar-refractivity contribution in [3.8, 4) is 0 Å². The summed E-state index contributed by atoms with van der Waals surface area (Å²) in [6, 6.07) is 0. The van der Waals surface area contributed by atoms with Crippen molar-refractivity contribution in [3.63, 3.8) is 0 Å².